The molecule has 0 aromatic heterocycles. The molecule has 7 atom stereocenters. The number of carbonyl (C=O) groups excluding carboxylic acids is 1. The second-order valence-electron chi connectivity index (χ2n) is 23.3. The van der Waals surface area contributed by atoms with Crippen molar-refractivity contribution >= 4 is 5.91 Å². The fourth-order valence-corrected chi connectivity index (χ4v) is 10.6. The maximum Gasteiger partial charge on any atom is 0.220 e. The van der Waals surface area contributed by atoms with Gasteiger partial charge >= 0.3 is 0 Å². The van der Waals surface area contributed by atoms with E-state index < -0.39 is 49.5 Å². The van der Waals surface area contributed by atoms with Crippen molar-refractivity contribution in [3.8, 4) is 0 Å². The van der Waals surface area contributed by atoms with Gasteiger partial charge in [-0.3, -0.25) is 4.79 Å². The molecule has 0 spiro atoms. The molecule has 452 valence electrons. The van der Waals surface area contributed by atoms with Gasteiger partial charge in [0.15, 0.2) is 6.29 Å². The van der Waals surface area contributed by atoms with E-state index in [2.05, 4.69) is 55.6 Å². The maximum absolute atomic E-state index is 13.1. The molecule has 1 fully saturated rings. The lowest BCUT2D eigenvalue weighted by Crippen LogP contribution is -2.60. The minimum absolute atomic E-state index is 0.182. The predicted octanol–water partition coefficient (Wildman–Crippen LogP) is 17.6. The second-order valence-corrected chi connectivity index (χ2v) is 23.3. The zero-order chi connectivity index (χ0) is 55.8. The summed E-state index contributed by atoms with van der Waals surface area (Å²) in [5.41, 5.74) is 0. The lowest BCUT2D eigenvalue weighted by Gasteiger charge is -2.40. The van der Waals surface area contributed by atoms with Crippen LogP contribution in [-0.2, 0) is 14.3 Å². The Morgan fingerprint density at radius 1 is 0.442 bits per heavy atom. The van der Waals surface area contributed by atoms with Crippen LogP contribution in [0.4, 0.5) is 0 Å². The number of aliphatic hydroxyl groups is 5. The van der Waals surface area contributed by atoms with Crippen molar-refractivity contribution in [3.63, 3.8) is 0 Å². The van der Waals surface area contributed by atoms with Crippen LogP contribution in [0.5, 0.6) is 0 Å². The Kier molecular flexibility index (Phi) is 54.5. The Bertz CT molecular complexity index is 1350. The molecule has 7 unspecified atom stereocenters. The quantitative estimate of drug-likeness (QED) is 0.0261. The van der Waals surface area contributed by atoms with E-state index in [1.165, 1.54) is 257 Å². The number of ether oxygens (including phenoxy) is 2. The van der Waals surface area contributed by atoms with Gasteiger partial charge in [-0.1, -0.05) is 300 Å². The Morgan fingerprint density at radius 2 is 0.779 bits per heavy atom. The summed E-state index contributed by atoms with van der Waals surface area (Å²) < 4.78 is 11.3. The van der Waals surface area contributed by atoms with Crippen LogP contribution in [0.15, 0.2) is 48.6 Å². The molecule has 9 nitrogen and oxygen atoms in total. The number of nitrogens with one attached hydrogen (secondary N) is 1. The van der Waals surface area contributed by atoms with Gasteiger partial charge in [0.25, 0.3) is 0 Å². The molecular weight excluding hydrogens is 959 g/mol. The molecule has 1 aliphatic rings. The van der Waals surface area contributed by atoms with Gasteiger partial charge in [-0.2, -0.15) is 0 Å². The minimum Gasteiger partial charge on any atom is -0.394 e. The smallest absolute Gasteiger partial charge is 0.220 e. The third-order valence-corrected chi connectivity index (χ3v) is 15.9. The number of allylic oxidation sites excluding steroid dienone is 7. The van der Waals surface area contributed by atoms with Gasteiger partial charge in [0.1, 0.15) is 24.4 Å². The molecule has 1 aliphatic heterocycles. The van der Waals surface area contributed by atoms with E-state index in [1.807, 2.05) is 6.08 Å². The summed E-state index contributed by atoms with van der Waals surface area (Å²) in [6.07, 6.45) is 70.9. The van der Waals surface area contributed by atoms with Crippen LogP contribution < -0.4 is 5.32 Å². The summed E-state index contributed by atoms with van der Waals surface area (Å²) in [6.45, 7) is 3.77. The highest BCUT2D eigenvalue weighted by atomic mass is 16.7. The lowest BCUT2D eigenvalue weighted by atomic mass is 9.99. The predicted molar refractivity (Wildman–Crippen MR) is 327 cm³/mol. The zero-order valence-electron chi connectivity index (χ0n) is 50.5. The first-order chi connectivity index (χ1) is 37.8. The maximum atomic E-state index is 13.1. The molecule has 0 radical (unpaired) electrons. The van der Waals surface area contributed by atoms with Crippen LogP contribution >= 0.6 is 0 Å². The van der Waals surface area contributed by atoms with E-state index >= 15 is 0 Å². The van der Waals surface area contributed by atoms with E-state index in [0.29, 0.717) is 6.42 Å². The second kappa shape index (κ2) is 57.4. The number of hydrogen-bond donors (Lipinski definition) is 6. The van der Waals surface area contributed by atoms with E-state index in [9.17, 15) is 30.3 Å². The number of amides is 1. The average Bonchev–Trinajstić information content (AvgIpc) is 3.43. The Labute approximate surface area is 475 Å². The summed E-state index contributed by atoms with van der Waals surface area (Å²) in [5.74, 6) is -0.182. The normalized spacial score (nSPS) is 19.0. The summed E-state index contributed by atoms with van der Waals surface area (Å²) in [6, 6.07) is -0.820. The topological polar surface area (TPSA) is 149 Å². The molecule has 1 heterocycles. The third kappa shape index (κ3) is 46.5. The summed E-state index contributed by atoms with van der Waals surface area (Å²) in [5, 5.41) is 54.5. The largest absolute Gasteiger partial charge is 0.394 e. The van der Waals surface area contributed by atoms with Crippen LogP contribution in [0.2, 0.25) is 0 Å². The van der Waals surface area contributed by atoms with E-state index in [1.54, 1.807) is 6.08 Å². The Morgan fingerprint density at radius 3 is 1.17 bits per heavy atom. The van der Waals surface area contributed by atoms with Gasteiger partial charge in [0.05, 0.1) is 25.4 Å². The number of hydrogen-bond acceptors (Lipinski definition) is 8. The van der Waals surface area contributed by atoms with Crippen LogP contribution in [0.1, 0.15) is 322 Å². The molecule has 0 aromatic rings. The third-order valence-electron chi connectivity index (χ3n) is 15.9. The van der Waals surface area contributed by atoms with Crippen LogP contribution in [0, 0.1) is 0 Å². The van der Waals surface area contributed by atoms with Gasteiger partial charge in [0, 0.05) is 6.42 Å². The molecule has 77 heavy (non-hydrogen) atoms. The monoisotopic (exact) mass is 1090 g/mol. The fraction of sp³-hybridized carbons (Fsp3) is 0.868. The zero-order valence-corrected chi connectivity index (χ0v) is 50.5. The number of rotatable bonds is 58. The van der Waals surface area contributed by atoms with E-state index in [0.717, 1.165) is 44.9 Å². The number of aliphatic hydroxyl groups excluding tert-OH is 5. The van der Waals surface area contributed by atoms with Crippen molar-refractivity contribution in [2.24, 2.45) is 0 Å². The SMILES string of the molecule is CCCCCCC/C=C\C/C=C\CCCCCCCCCCCCCCCCCCCCCCCCCCCCCC(=O)NC(COC1OC(CO)C(O)C(O)C1O)C(O)/C=C/CC/C=C/CCCCCCCCCCC. The van der Waals surface area contributed by atoms with Crippen molar-refractivity contribution in [2.75, 3.05) is 13.2 Å². The van der Waals surface area contributed by atoms with Crippen molar-refractivity contribution in [3.05, 3.63) is 48.6 Å². The van der Waals surface area contributed by atoms with Crippen molar-refractivity contribution < 1.29 is 39.8 Å². The van der Waals surface area contributed by atoms with Gasteiger partial charge in [-0.05, 0) is 64.2 Å². The summed E-state index contributed by atoms with van der Waals surface area (Å²) in [4.78, 5) is 13.1. The van der Waals surface area contributed by atoms with Crippen LogP contribution in [0.25, 0.3) is 0 Å². The summed E-state index contributed by atoms with van der Waals surface area (Å²) >= 11 is 0. The number of unbranched alkanes of at least 4 members (excludes halogenated alkanes) is 42. The highest BCUT2D eigenvalue weighted by molar-refractivity contribution is 5.76. The molecule has 0 aromatic carbocycles. The minimum atomic E-state index is -1.57. The van der Waals surface area contributed by atoms with E-state index in [-0.39, 0.29) is 12.5 Å². The highest BCUT2D eigenvalue weighted by Gasteiger charge is 2.44. The van der Waals surface area contributed by atoms with Gasteiger partial charge in [-0.15, -0.1) is 0 Å². The van der Waals surface area contributed by atoms with Crippen LogP contribution in [0.3, 0.4) is 0 Å². The molecule has 0 aliphatic carbocycles. The average molecular weight is 1090 g/mol. The summed E-state index contributed by atoms with van der Waals surface area (Å²) in [7, 11) is 0. The standard InChI is InChI=1S/C68H127NO8/c1-3-5-7-9-11-13-15-17-19-20-21-22-23-24-25-26-27-28-29-30-31-32-33-34-35-36-37-38-39-40-41-42-44-46-48-50-52-54-56-58-64(72)69-61(60-76-68-67(75)66(74)65(73)63(59-70)77-68)62(71)57-55-53-51-49-47-45-43-18-16-14-12-10-8-6-4-2/h15,17,20-21,47,49,55,57,61-63,65-68,70-71,73-75H,3-14,16,18-19,22-46,48,50-54,56,58-60H2,1-2H3,(H,69,72)/b17-15-,21-20-,49-47+,57-55+. The fourth-order valence-electron chi connectivity index (χ4n) is 10.6. The van der Waals surface area contributed by atoms with Gasteiger partial charge in [-0.25, -0.2) is 0 Å². The first kappa shape index (κ1) is 73.2. The Hall–Kier alpha value is -1.85. The number of carbonyl (C=O) groups is 1. The molecule has 1 rings (SSSR count). The van der Waals surface area contributed by atoms with Crippen molar-refractivity contribution in [1.29, 1.82) is 0 Å². The molecule has 0 bridgehead atoms. The van der Waals surface area contributed by atoms with Gasteiger partial charge in [0.2, 0.25) is 5.91 Å². The molecular formula is C68H127NO8. The van der Waals surface area contributed by atoms with Crippen molar-refractivity contribution in [2.45, 2.75) is 365 Å². The first-order valence-electron chi connectivity index (χ1n) is 33.4. The molecule has 1 amide bonds. The molecule has 0 saturated carbocycles. The molecule has 1 saturated heterocycles. The molecule has 6 N–H and O–H groups in total. The Balaban J connectivity index is 2.04. The first-order valence-corrected chi connectivity index (χ1v) is 33.4. The van der Waals surface area contributed by atoms with E-state index in [4.69, 9.17) is 9.47 Å². The lowest BCUT2D eigenvalue weighted by molar-refractivity contribution is -0.302. The van der Waals surface area contributed by atoms with Crippen LogP contribution in [-0.4, -0.2) is 87.5 Å². The van der Waals surface area contributed by atoms with Gasteiger partial charge < -0.3 is 40.3 Å². The molecule has 9 heteroatoms. The highest BCUT2D eigenvalue weighted by Crippen LogP contribution is 2.23. The van der Waals surface area contributed by atoms with Crippen molar-refractivity contribution in [1.82, 2.24) is 5.32 Å².